The van der Waals surface area contributed by atoms with Crippen LogP contribution in [0.25, 0.3) is 0 Å². The Labute approximate surface area is 182 Å². The van der Waals surface area contributed by atoms with Gasteiger partial charge in [-0.2, -0.15) is 0 Å². The van der Waals surface area contributed by atoms with Gasteiger partial charge in [-0.05, 0) is 56.0 Å². The number of anilines is 1. The Morgan fingerprint density at radius 1 is 1.13 bits per heavy atom. The van der Waals surface area contributed by atoms with Crippen LogP contribution in [-0.4, -0.2) is 33.7 Å². The quantitative estimate of drug-likeness (QED) is 0.663. The van der Waals surface area contributed by atoms with Crippen molar-refractivity contribution in [3.05, 3.63) is 71.3 Å². The highest BCUT2D eigenvalue weighted by atomic mass is 32.2. The highest BCUT2D eigenvalue weighted by Gasteiger charge is 2.38. The SMILES string of the molecule is C=CCN1C(=O)[C@@H](CC(=O)Nc2c(C)cccc2C)SC1=Nc1cccc(C)c1C. The lowest BCUT2D eigenvalue weighted by Gasteiger charge is -2.15. The van der Waals surface area contributed by atoms with Crippen molar-refractivity contribution in [3.63, 3.8) is 0 Å². The molecule has 0 aromatic heterocycles. The molecule has 1 heterocycles. The van der Waals surface area contributed by atoms with Crippen molar-refractivity contribution < 1.29 is 9.59 Å². The van der Waals surface area contributed by atoms with Crippen LogP contribution in [0.2, 0.25) is 0 Å². The lowest BCUT2D eigenvalue weighted by molar-refractivity contribution is -0.127. The number of thioether (sulfide) groups is 1. The van der Waals surface area contributed by atoms with Crippen LogP contribution in [-0.2, 0) is 9.59 Å². The normalized spacial score (nSPS) is 17.5. The molecule has 1 atom stereocenters. The smallest absolute Gasteiger partial charge is 0.242 e. The van der Waals surface area contributed by atoms with Crippen molar-refractivity contribution in [2.45, 2.75) is 39.4 Å². The number of carbonyl (C=O) groups excluding carboxylic acids is 2. The molecule has 156 valence electrons. The van der Waals surface area contributed by atoms with Crippen molar-refractivity contribution in [1.82, 2.24) is 4.90 Å². The minimum absolute atomic E-state index is 0.0940. The summed E-state index contributed by atoms with van der Waals surface area (Å²) in [4.78, 5) is 32.0. The molecule has 1 fully saturated rings. The van der Waals surface area contributed by atoms with E-state index in [2.05, 4.69) is 11.9 Å². The predicted molar refractivity (Wildman–Crippen MR) is 125 cm³/mol. The van der Waals surface area contributed by atoms with Gasteiger partial charge in [0, 0.05) is 18.7 Å². The fraction of sp³-hybridized carbons (Fsp3) is 0.292. The maximum absolute atomic E-state index is 13.0. The number of para-hydroxylation sites is 1. The number of rotatable bonds is 6. The Bertz CT molecular complexity index is 1010. The van der Waals surface area contributed by atoms with E-state index >= 15 is 0 Å². The number of nitrogens with one attached hydrogen (secondary N) is 1. The Kier molecular flexibility index (Phi) is 6.77. The van der Waals surface area contributed by atoms with E-state index in [1.54, 1.807) is 11.0 Å². The number of nitrogens with zero attached hydrogens (tertiary/aromatic N) is 2. The van der Waals surface area contributed by atoms with E-state index < -0.39 is 5.25 Å². The van der Waals surface area contributed by atoms with Crippen molar-refractivity contribution in [1.29, 1.82) is 0 Å². The van der Waals surface area contributed by atoms with Gasteiger partial charge in [-0.1, -0.05) is 48.2 Å². The summed E-state index contributed by atoms with van der Waals surface area (Å²) in [6.45, 7) is 12.1. The van der Waals surface area contributed by atoms with Crippen molar-refractivity contribution in [2.24, 2.45) is 4.99 Å². The lowest BCUT2D eigenvalue weighted by atomic mass is 10.1. The van der Waals surface area contributed by atoms with Crippen LogP contribution in [0, 0.1) is 27.7 Å². The topological polar surface area (TPSA) is 61.8 Å². The fourth-order valence-electron chi connectivity index (χ4n) is 3.35. The fourth-order valence-corrected chi connectivity index (χ4v) is 4.51. The van der Waals surface area contributed by atoms with E-state index in [0.29, 0.717) is 11.7 Å². The first-order valence-electron chi connectivity index (χ1n) is 9.91. The number of hydrogen-bond donors (Lipinski definition) is 1. The molecular formula is C24H27N3O2S. The van der Waals surface area contributed by atoms with Crippen LogP contribution in [0.15, 0.2) is 54.0 Å². The van der Waals surface area contributed by atoms with Gasteiger partial charge in [0.25, 0.3) is 0 Å². The first-order chi connectivity index (χ1) is 14.3. The summed E-state index contributed by atoms with van der Waals surface area (Å²) in [5.74, 6) is -0.287. The third-order valence-electron chi connectivity index (χ3n) is 5.24. The highest BCUT2D eigenvalue weighted by Crippen LogP contribution is 2.33. The maximum Gasteiger partial charge on any atom is 0.242 e. The summed E-state index contributed by atoms with van der Waals surface area (Å²) in [6, 6.07) is 11.8. The minimum atomic E-state index is -0.502. The van der Waals surface area contributed by atoms with Crippen LogP contribution < -0.4 is 5.32 Å². The molecule has 0 unspecified atom stereocenters. The van der Waals surface area contributed by atoms with Crippen molar-refractivity contribution >= 4 is 40.1 Å². The summed E-state index contributed by atoms with van der Waals surface area (Å²) in [5, 5.41) is 3.08. The van der Waals surface area contributed by atoms with Crippen LogP contribution >= 0.6 is 11.8 Å². The molecule has 30 heavy (non-hydrogen) atoms. The summed E-state index contributed by atoms with van der Waals surface area (Å²) in [7, 11) is 0. The molecule has 0 saturated carbocycles. The zero-order valence-electron chi connectivity index (χ0n) is 17.9. The van der Waals surface area contributed by atoms with E-state index in [-0.39, 0.29) is 18.2 Å². The third kappa shape index (κ3) is 4.65. The zero-order valence-corrected chi connectivity index (χ0v) is 18.7. The Hall–Kier alpha value is -2.86. The second kappa shape index (κ2) is 9.30. The molecule has 0 radical (unpaired) electrons. The van der Waals surface area contributed by atoms with Crippen LogP contribution in [0.3, 0.4) is 0 Å². The second-order valence-electron chi connectivity index (χ2n) is 7.48. The minimum Gasteiger partial charge on any atom is -0.326 e. The average molecular weight is 422 g/mol. The van der Waals surface area contributed by atoms with Crippen molar-refractivity contribution in [2.75, 3.05) is 11.9 Å². The first-order valence-corrected chi connectivity index (χ1v) is 10.8. The molecule has 1 saturated heterocycles. The molecule has 0 bridgehead atoms. The standard InChI is InChI=1S/C24H27N3O2S/c1-6-13-27-23(29)20(14-21(28)26-22-16(3)10-7-11-17(22)4)30-24(27)25-19-12-8-9-15(2)18(19)5/h6-12,20H,1,13-14H2,2-5H3,(H,26,28)/t20-/m1/s1. The van der Waals surface area contributed by atoms with E-state index in [1.165, 1.54) is 11.8 Å². The molecule has 5 nitrogen and oxygen atoms in total. The molecule has 3 rings (SSSR count). The number of aliphatic imine (C=N–C) groups is 1. The van der Waals surface area contributed by atoms with Gasteiger partial charge in [0.1, 0.15) is 5.25 Å². The Morgan fingerprint density at radius 2 is 1.77 bits per heavy atom. The molecule has 0 aliphatic carbocycles. The van der Waals surface area contributed by atoms with E-state index in [1.807, 2.05) is 64.1 Å². The van der Waals surface area contributed by atoms with Crippen LogP contribution in [0.4, 0.5) is 11.4 Å². The number of aryl methyl sites for hydroxylation is 3. The van der Waals surface area contributed by atoms with Gasteiger partial charge in [0.2, 0.25) is 11.8 Å². The van der Waals surface area contributed by atoms with Crippen molar-refractivity contribution in [3.8, 4) is 0 Å². The van der Waals surface area contributed by atoms with Gasteiger partial charge in [0.05, 0.1) is 5.69 Å². The maximum atomic E-state index is 13.0. The number of hydrogen-bond acceptors (Lipinski definition) is 4. The molecule has 1 aliphatic rings. The number of amidine groups is 1. The Balaban J connectivity index is 1.80. The molecule has 1 aliphatic heterocycles. The van der Waals surface area contributed by atoms with Gasteiger partial charge in [-0.25, -0.2) is 4.99 Å². The average Bonchev–Trinajstić information content (AvgIpc) is 2.97. The summed E-state index contributed by atoms with van der Waals surface area (Å²) < 4.78 is 0. The summed E-state index contributed by atoms with van der Waals surface area (Å²) in [6.07, 6.45) is 1.77. The molecule has 0 spiro atoms. The van der Waals surface area contributed by atoms with E-state index in [0.717, 1.165) is 33.6 Å². The summed E-state index contributed by atoms with van der Waals surface area (Å²) >= 11 is 1.34. The molecule has 2 aromatic rings. The van der Waals surface area contributed by atoms with Crippen LogP contribution in [0.5, 0.6) is 0 Å². The number of amides is 2. The predicted octanol–water partition coefficient (Wildman–Crippen LogP) is 5.07. The van der Waals surface area contributed by atoms with E-state index in [9.17, 15) is 9.59 Å². The number of benzene rings is 2. The van der Waals surface area contributed by atoms with E-state index in [4.69, 9.17) is 4.99 Å². The summed E-state index contributed by atoms with van der Waals surface area (Å²) in [5.41, 5.74) is 5.86. The molecular weight excluding hydrogens is 394 g/mol. The van der Waals surface area contributed by atoms with Crippen LogP contribution in [0.1, 0.15) is 28.7 Å². The molecule has 1 N–H and O–H groups in total. The zero-order chi connectivity index (χ0) is 21.8. The van der Waals surface area contributed by atoms with Gasteiger partial charge < -0.3 is 5.32 Å². The van der Waals surface area contributed by atoms with Gasteiger partial charge in [-0.15, -0.1) is 6.58 Å². The highest BCUT2D eigenvalue weighted by molar-refractivity contribution is 8.15. The number of carbonyl (C=O) groups is 2. The molecule has 6 heteroatoms. The first kappa shape index (κ1) is 21.8. The monoisotopic (exact) mass is 421 g/mol. The lowest BCUT2D eigenvalue weighted by Crippen LogP contribution is -2.33. The largest absolute Gasteiger partial charge is 0.326 e. The Morgan fingerprint density at radius 3 is 2.43 bits per heavy atom. The molecule has 2 amide bonds. The third-order valence-corrected chi connectivity index (χ3v) is 6.42. The van der Waals surface area contributed by atoms with Gasteiger partial charge >= 0.3 is 0 Å². The van der Waals surface area contributed by atoms with Gasteiger partial charge in [-0.3, -0.25) is 14.5 Å². The molecule has 2 aromatic carbocycles. The second-order valence-corrected chi connectivity index (χ2v) is 8.65. The van der Waals surface area contributed by atoms with Gasteiger partial charge in [0.15, 0.2) is 5.17 Å².